The topological polar surface area (TPSA) is 0 Å². The molecule has 2 aliphatic carbocycles. The highest BCUT2D eigenvalue weighted by Gasteiger charge is 2.49. The molecule has 1 fully saturated rings. The normalized spacial score (nSPS) is 34.1. The molecular formula is C20H34. The van der Waals surface area contributed by atoms with Gasteiger partial charge in [0.05, 0.1) is 0 Å². The molecule has 2 atom stereocenters. The van der Waals surface area contributed by atoms with Crippen molar-refractivity contribution in [3.05, 3.63) is 22.8 Å². The summed E-state index contributed by atoms with van der Waals surface area (Å²) < 4.78 is 0. The molecule has 0 bridgehead atoms. The van der Waals surface area contributed by atoms with Crippen LogP contribution in [0.25, 0.3) is 0 Å². The van der Waals surface area contributed by atoms with Gasteiger partial charge < -0.3 is 0 Å². The smallest absolute Gasteiger partial charge is 0.00803 e. The Bertz CT molecular complexity index is 421. The van der Waals surface area contributed by atoms with Gasteiger partial charge in [-0.25, -0.2) is 0 Å². The molecule has 1 saturated carbocycles. The molecule has 0 aromatic carbocycles. The Hall–Kier alpha value is -0.520. The van der Waals surface area contributed by atoms with Gasteiger partial charge in [-0.2, -0.15) is 0 Å². The SMILES string of the molecule is C/C=C(\C)CCC1=C(C)CC[C@H]2C(C)(C)CCC[C@]12C. The maximum Gasteiger partial charge on any atom is -0.00803 e. The second kappa shape index (κ2) is 5.70. The van der Waals surface area contributed by atoms with Crippen LogP contribution in [0.3, 0.4) is 0 Å². The average molecular weight is 274 g/mol. The number of hydrogen-bond acceptors (Lipinski definition) is 0. The third kappa shape index (κ3) is 2.76. The summed E-state index contributed by atoms with van der Waals surface area (Å²) in [6.45, 7) is 14.5. The summed E-state index contributed by atoms with van der Waals surface area (Å²) in [6, 6.07) is 0. The standard InChI is InChI=1S/C20H34/c1-7-15(2)9-11-17-16(3)10-12-18-19(4,5)13-8-14-20(17,18)6/h7,18H,8-14H2,1-6H3/b15-7+/t18-,20+/m0/s1. The van der Waals surface area contributed by atoms with Crippen LogP contribution in [0.4, 0.5) is 0 Å². The summed E-state index contributed by atoms with van der Waals surface area (Å²) in [6.07, 6.45) is 11.9. The van der Waals surface area contributed by atoms with E-state index < -0.39 is 0 Å². The lowest BCUT2D eigenvalue weighted by Gasteiger charge is -2.55. The van der Waals surface area contributed by atoms with Gasteiger partial charge in [0, 0.05) is 0 Å². The van der Waals surface area contributed by atoms with Crippen LogP contribution in [0.1, 0.15) is 86.5 Å². The summed E-state index contributed by atoms with van der Waals surface area (Å²) >= 11 is 0. The zero-order valence-electron chi connectivity index (χ0n) is 14.6. The lowest BCUT2D eigenvalue weighted by Crippen LogP contribution is -2.45. The van der Waals surface area contributed by atoms with Crippen molar-refractivity contribution in [2.75, 3.05) is 0 Å². The van der Waals surface area contributed by atoms with Crippen molar-refractivity contribution in [3.63, 3.8) is 0 Å². The van der Waals surface area contributed by atoms with Gasteiger partial charge in [-0.15, -0.1) is 0 Å². The van der Waals surface area contributed by atoms with Gasteiger partial charge in [0.2, 0.25) is 0 Å². The largest absolute Gasteiger partial charge is 0.0887 e. The summed E-state index contributed by atoms with van der Waals surface area (Å²) in [7, 11) is 0. The lowest BCUT2D eigenvalue weighted by atomic mass is 9.50. The Balaban J connectivity index is 2.28. The molecule has 0 amide bonds. The van der Waals surface area contributed by atoms with E-state index in [1.54, 1.807) is 11.1 Å². The predicted molar refractivity (Wildman–Crippen MR) is 89.8 cm³/mol. The fraction of sp³-hybridized carbons (Fsp3) is 0.800. The first-order chi connectivity index (χ1) is 9.31. The fourth-order valence-electron chi connectivity index (χ4n) is 5.16. The third-order valence-electron chi connectivity index (χ3n) is 6.50. The monoisotopic (exact) mass is 274 g/mol. The third-order valence-corrected chi connectivity index (χ3v) is 6.50. The van der Waals surface area contributed by atoms with E-state index in [1.165, 1.54) is 44.9 Å². The Morgan fingerprint density at radius 1 is 1.25 bits per heavy atom. The number of fused-ring (bicyclic) bond motifs is 1. The molecule has 0 heterocycles. The minimum absolute atomic E-state index is 0.484. The van der Waals surface area contributed by atoms with E-state index in [-0.39, 0.29) is 0 Å². The van der Waals surface area contributed by atoms with Gasteiger partial charge in [-0.1, -0.05) is 50.0 Å². The van der Waals surface area contributed by atoms with Crippen molar-refractivity contribution in [2.24, 2.45) is 16.7 Å². The quantitative estimate of drug-likeness (QED) is 0.504. The van der Waals surface area contributed by atoms with Gasteiger partial charge >= 0.3 is 0 Å². The summed E-state index contributed by atoms with van der Waals surface area (Å²) in [5, 5.41) is 0. The molecule has 0 spiro atoms. The van der Waals surface area contributed by atoms with E-state index >= 15 is 0 Å². The molecule has 0 unspecified atom stereocenters. The van der Waals surface area contributed by atoms with Crippen LogP contribution < -0.4 is 0 Å². The summed E-state index contributed by atoms with van der Waals surface area (Å²) in [4.78, 5) is 0. The van der Waals surface area contributed by atoms with Gasteiger partial charge in [-0.3, -0.25) is 0 Å². The Labute approximate surface area is 126 Å². The van der Waals surface area contributed by atoms with Gasteiger partial charge in [0.25, 0.3) is 0 Å². The second-order valence-electron chi connectivity index (χ2n) is 8.24. The van der Waals surface area contributed by atoms with Crippen molar-refractivity contribution in [2.45, 2.75) is 86.5 Å². The van der Waals surface area contributed by atoms with E-state index in [1.807, 2.05) is 5.57 Å². The molecule has 0 aliphatic heterocycles. The van der Waals surface area contributed by atoms with Crippen molar-refractivity contribution >= 4 is 0 Å². The molecule has 2 aliphatic rings. The predicted octanol–water partition coefficient (Wildman–Crippen LogP) is 6.68. The number of hydrogen-bond donors (Lipinski definition) is 0. The van der Waals surface area contributed by atoms with Crippen molar-refractivity contribution in [3.8, 4) is 0 Å². The number of rotatable bonds is 3. The Morgan fingerprint density at radius 2 is 1.95 bits per heavy atom. The first-order valence-corrected chi connectivity index (χ1v) is 8.62. The molecule has 0 heteroatoms. The zero-order chi connectivity index (χ0) is 15.0. The first kappa shape index (κ1) is 15.9. The van der Waals surface area contributed by atoms with Crippen LogP contribution in [-0.4, -0.2) is 0 Å². The summed E-state index contributed by atoms with van der Waals surface area (Å²) in [5.41, 5.74) is 6.10. The minimum atomic E-state index is 0.484. The van der Waals surface area contributed by atoms with Crippen LogP contribution in [-0.2, 0) is 0 Å². The van der Waals surface area contributed by atoms with Gasteiger partial charge in [-0.05, 0) is 76.0 Å². The highest BCUT2D eigenvalue weighted by atomic mass is 14.5. The first-order valence-electron chi connectivity index (χ1n) is 8.62. The zero-order valence-corrected chi connectivity index (χ0v) is 14.6. The molecule has 0 radical (unpaired) electrons. The average Bonchev–Trinajstić information content (AvgIpc) is 2.36. The minimum Gasteiger partial charge on any atom is -0.0887 e. The van der Waals surface area contributed by atoms with Crippen LogP contribution in [0.5, 0.6) is 0 Å². The molecule has 114 valence electrons. The van der Waals surface area contributed by atoms with E-state index in [4.69, 9.17) is 0 Å². The maximum absolute atomic E-state index is 2.58. The van der Waals surface area contributed by atoms with E-state index in [2.05, 4.69) is 47.6 Å². The van der Waals surface area contributed by atoms with E-state index in [0.717, 1.165) is 5.92 Å². The molecular weight excluding hydrogens is 240 g/mol. The highest BCUT2D eigenvalue weighted by Crippen LogP contribution is 2.60. The molecule has 2 rings (SSSR count). The molecule has 0 N–H and O–H groups in total. The molecule has 20 heavy (non-hydrogen) atoms. The Kier molecular flexibility index (Phi) is 4.52. The van der Waals surface area contributed by atoms with Gasteiger partial charge in [0.15, 0.2) is 0 Å². The molecule has 0 nitrogen and oxygen atoms in total. The Morgan fingerprint density at radius 3 is 2.60 bits per heavy atom. The van der Waals surface area contributed by atoms with Crippen molar-refractivity contribution in [1.82, 2.24) is 0 Å². The molecule has 0 aromatic rings. The lowest BCUT2D eigenvalue weighted by molar-refractivity contribution is 0.0105. The van der Waals surface area contributed by atoms with Crippen molar-refractivity contribution < 1.29 is 0 Å². The highest BCUT2D eigenvalue weighted by molar-refractivity contribution is 5.28. The fourth-order valence-corrected chi connectivity index (χ4v) is 5.16. The van der Waals surface area contributed by atoms with E-state index in [0.29, 0.717) is 10.8 Å². The maximum atomic E-state index is 2.58. The second-order valence-corrected chi connectivity index (χ2v) is 8.24. The van der Waals surface area contributed by atoms with Crippen LogP contribution >= 0.6 is 0 Å². The van der Waals surface area contributed by atoms with Crippen molar-refractivity contribution in [1.29, 1.82) is 0 Å². The molecule has 0 saturated heterocycles. The van der Waals surface area contributed by atoms with Crippen LogP contribution in [0, 0.1) is 16.7 Å². The summed E-state index contributed by atoms with van der Waals surface area (Å²) in [5.74, 6) is 0.897. The van der Waals surface area contributed by atoms with E-state index in [9.17, 15) is 0 Å². The molecule has 0 aromatic heterocycles. The van der Waals surface area contributed by atoms with Crippen LogP contribution in [0.15, 0.2) is 22.8 Å². The number of allylic oxidation sites excluding steroid dienone is 4. The van der Waals surface area contributed by atoms with Gasteiger partial charge in [0.1, 0.15) is 0 Å². The van der Waals surface area contributed by atoms with Crippen LogP contribution in [0.2, 0.25) is 0 Å².